The van der Waals surface area contributed by atoms with E-state index in [0.29, 0.717) is 5.92 Å². The molecule has 1 heterocycles. The summed E-state index contributed by atoms with van der Waals surface area (Å²) < 4.78 is 7.45. The first kappa shape index (κ1) is 25.6. The van der Waals surface area contributed by atoms with Gasteiger partial charge < -0.3 is 4.74 Å². The third-order valence-electron chi connectivity index (χ3n) is 5.28. The summed E-state index contributed by atoms with van der Waals surface area (Å²) in [4.78, 5) is 4.12. The number of hydrogen-bond acceptors (Lipinski definition) is 3. The number of nitrogens with zero attached hydrogens (tertiary/aromatic N) is 2. The van der Waals surface area contributed by atoms with Crippen molar-refractivity contribution in [1.29, 1.82) is 0 Å². The SMILES string of the molecule is C/C=C(\C)CC.C1CCCCCCC1.CN=C(OC)C1CCCN(P)C1. The van der Waals surface area contributed by atoms with Gasteiger partial charge in [-0.15, -0.1) is 0 Å². The fourth-order valence-corrected chi connectivity index (χ4v) is 3.70. The summed E-state index contributed by atoms with van der Waals surface area (Å²) in [6.45, 7) is 8.58. The topological polar surface area (TPSA) is 24.8 Å². The summed E-state index contributed by atoms with van der Waals surface area (Å²) in [5.41, 5.74) is 1.47. The highest BCUT2D eigenvalue weighted by molar-refractivity contribution is 7.13. The second-order valence-electron chi connectivity index (χ2n) is 7.42. The van der Waals surface area contributed by atoms with Crippen LogP contribution in [-0.4, -0.2) is 37.8 Å². The lowest BCUT2D eigenvalue weighted by Gasteiger charge is -2.29. The standard InChI is InChI=1S/C8H17N2OP.C8H16.C6H12/c1-9-8(11-2)7-4-3-5-10(12)6-7;1-2-4-6-8-7-5-3-1;1-4-6(3)5-2/h7H,3-6,12H2,1-2H3;1-8H2;4H,5H2,1-3H3/b;;6-4+. The van der Waals surface area contributed by atoms with Gasteiger partial charge in [0.25, 0.3) is 0 Å². The summed E-state index contributed by atoms with van der Waals surface area (Å²) in [7, 11) is 6.23. The van der Waals surface area contributed by atoms with Crippen LogP contribution in [0.3, 0.4) is 0 Å². The van der Waals surface area contributed by atoms with Gasteiger partial charge in [0.05, 0.1) is 7.11 Å². The minimum absolute atomic E-state index is 0.492. The van der Waals surface area contributed by atoms with E-state index >= 15 is 0 Å². The van der Waals surface area contributed by atoms with Crippen molar-refractivity contribution in [3.8, 4) is 0 Å². The van der Waals surface area contributed by atoms with Crippen LogP contribution in [0.2, 0.25) is 0 Å². The quantitative estimate of drug-likeness (QED) is 0.230. The Labute approximate surface area is 166 Å². The molecule has 26 heavy (non-hydrogen) atoms. The first-order valence-electron chi connectivity index (χ1n) is 10.7. The number of hydrogen-bond donors (Lipinski definition) is 0. The summed E-state index contributed by atoms with van der Waals surface area (Å²) in [5.74, 6) is 1.38. The highest BCUT2D eigenvalue weighted by atomic mass is 31.0. The molecule has 0 spiro atoms. The van der Waals surface area contributed by atoms with Gasteiger partial charge in [0, 0.05) is 26.1 Å². The molecule has 0 N–H and O–H groups in total. The van der Waals surface area contributed by atoms with Gasteiger partial charge in [-0.1, -0.05) is 79.3 Å². The van der Waals surface area contributed by atoms with Crippen LogP contribution >= 0.6 is 9.39 Å². The van der Waals surface area contributed by atoms with Crippen LogP contribution in [0.25, 0.3) is 0 Å². The van der Waals surface area contributed by atoms with Crippen LogP contribution in [0.4, 0.5) is 0 Å². The molecule has 0 aromatic heterocycles. The Kier molecular flexibility index (Phi) is 17.7. The average Bonchev–Trinajstić information content (AvgIpc) is 2.63. The zero-order chi connectivity index (χ0) is 19.6. The summed E-state index contributed by atoms with van der Waals surface area (Å²) in [6, 6.07) is 0. The van der Waals surface area contributed by atoms with Gasteiger partial charge >= 0.3 is 0 Å². The molecule has 0 amide bonds. The van der Waals surface area contributed by atoms with Crippen LogP contribution in [0.1, 0.15) is 91.4 Å². The Morgan fingerprint density at radius 1 is 1.08 bits per heavy atom. The van der Waals surface area contributed by atoms with Crippen molar-refractivity contribution in [1.82, 2.24) is 4.67 Å². The largest absolute Gasteiger partial charge is 0.484 e. The van der Waals surface area contributed by atoms with Crippen molar-refractivity contribution in [3.63, 3.8) is 0 Å². The van der Waals surface area contributed by atoms with E-state index in [9.17, 15) is 0 Å². The number of allylic oxidation sites excluding steroid dienone is 2. The molecule has 0 aromatic rings. The Balaban J connectivity index is 0.000000388. The minimum atomic E-state index is 0.492. The van der Waals surface area contributed by atoms with Gasteiger partial charge in [-0.05, 0) is 33.1 Å². The lowest BCUT2D eigenvalue weighted by Crippen LogP contribution is -2.33. The third-order valence-corrected chi connectivity index (χ3v) is 5.75. The second-order valence-corrected chi connectivity index (χ2v) is 8.15. The van der Waals surface area contributed by atoms with E-state index in [4.69, 9.17) is 4.74 Å². The molecule has 2 atom stereocenters. The van der Waals surface area contributed by atoms with Gasteiger partial charge in [-0.2, -0.15) is 0 Å². The Morgan fingerprint density at radius 3 is 1.85 bits per heavy atom. The van der Waals surface area contributed by atoms with Gasteiger partial charge in [-0.3, -0.25) is 9.66 Å². The number of methoxy groups -OCH3 is 1. The van der Waals surface area contributed by atoms with Crippen LogP contribution in [0, 0.1) is 5.92 Å². The molecule has 1 saturated carbocycles. The highest BCUT2D eigenvalue weighted by Crippen LogP contribution is 2.20. The number of piperidine rings is 1. The molecule has 0 radical (unpaired) electrons. The minimum Gasteiger partial charge on any atom is -0.484 e. The van der Waals surface area contributed by atoms with Crippen LogP contribution in [0.15, 0.2) is 16.6 Å². The highest BCUT2D eigenvalue weighted by Gasteiger charge is 2.22. The molecule has 1 saturated heterocycles. The van der Waals surface area contributed by atoms with E-state index in [-0.39, 0.29) is 0 Å². The zero-order valence-electron chi connectivity index (χ0n) is 18.2. The number of rotatable bonds is 2. The van der Waals surface area contributed by atoms with E-state index in [1.54, 1.807) is 14.2 Å². The number of ether oxygens (including phenoxy) is 1. The summed E-state index contributed by atoms with van der Waals surface area (Å²) in [5, 5.41) is 0. The van der Waals surface area contributed by atoms with E-state index in [2.05, 4.69) is 45.9 Å². The van der Waals surface area contributed by atoms with Gasteiger partial charge in [-0.25, -0.2) is 0 Å². The molecule has 154 valence electrons. The molecular formula is C22H45N2OP. The molecule has 0 bridgehead atoms. The summed E-state index contributed by atoms with van der Waals surface area (Å²) in [6.07, 6.45) is 17.8. The predicted molar refractivity (Wildman–Crippen MR) is 121 cm³/mol. The molecule has 2 fully saturated rings. The smallest absolute Gasteiger partial charge is 0.187 e. The molecule has 2 rings (SSSR count). The first-order chi connectivity index (χ1) is 12.6. The van der Waals surface area contributed by atoms with Crippen molar-refractivity contribution in [2.45, 2.75) is 91.4 Å². The lowest BCUT2D eigenvalue weighted by atomic mass is 9.99. The maximum absolute atomic E-state index is 5.20. The van der Waals surface area contributed by atoms with Crippen molar-refractivity contribution in [3.05, 3.63) is 11.6 Å². The first-order valence-corrected chi connectivity index (χ1v) is 11.2. The average molecular weight is 385 g/mol. The molecule has 2 unspecified atom stereocenters. The van der Waals surface area contributed by atoms with Crippen molar-refractivity contribution < 1.29 is 4.74 Å². The van der Waals surface area contributed by atoms with Crippen LogP contribution < -0.4 is 0 Å². The van der Waals surface area contributed by atoms with E-state index in [1.165, 1.54) is 82.7 Å². The lowest BCUT2D eigenvalue weighted by molar-refractivity contribution is 0.286. The Morgan fingerprint density at radius 2 is 1.58 bits per heavy atom. The van der Waals surface area contributed by atoms with Crippen LogP contribution in [0.5, 0.6) is 0 Å². The molecular weight excluding hydrogens is 339 g/mol. The van der Waals surface area contributed by atoms with E-state index < -0.39 is 0 Å². The molecule has 4 heteroatoms. The fraction of sp³-hybridized carbons (Fsp3) is 0.864. The van der Waals surface area contributed by atoms with Gasteiger partial charge in [0.15, 0.2) is 5.90 Å². The molecule has 1 aliphatic carbocycles. The van der Waals surface area contributed by atoms with Crippen molar-refractivity contribution in [2.24, 2.45) is 10.9 Å². The third kappa shape index (κ3) is 13.8. The molecule has 2 aliphatic rings. The van der Waals surface area contributed by atoms with E-state index in [0.717, 1.165) is 12.4 Å². The van der Waals surface area contributed by atoms with Gasteiger partial charge in [0.2, 0.25) is 0 Å². The second kappa shape index (κ2) is 18.0. The fourth-order valence-electron chi connectivity index (χ4n) is 3.27. The zero-order valence-corrected chi connectivity index (χ0v) is 19.4. The van der Waals surface area contributed by atoms with Crippen LogP contribution in [-0.2, 0) is 4.74 Å². The molecule has 1 aliphatic heterocycles. The predicted octanol–water partition coefficient (Wildman–Crippen LogP) is 6.65. The maximum Gasteiger partial charge on any atom is 0.187 e. The Bertz CT molecular complexity index is 358. The summed E-state index contributed by atoms with van der Waals surface area (Å²) >= 11 is 0. The normalized spacial score (nSPS) is 22.8. The van der Waals surface area contributed by atoms with Crippen molar-refractivity contribution in [2.75, 3.05) is 27.2 Å². The molecule has 3 nitrogen and oxygen atoms in total. The maximum atomic E-state index is 5.20. The van der Waals surface area contributed by atoms with E-state index in [1.807, 2.05) is 0 Å². The molecule has 0 aromatic carbocycles. The number of aliphatic imine (C=N–C) groups is 1. The monoisotopic (exact) mass is 384 g/mol. The van der Waals surface area contributed by atoms with Crippen molar-refractivity contribution >= 4 is 15.3 Å². The Hall–Kier alpha value is -0.400. The van der Waals surface area contributed by atoms with Gasteiger partial charge in [0.1, 0.15) is 0 Å².